The normalized spacial score (nSPS) is 19.2. The molecule has 2 heteroatoms. The highest BCUT2D eigenvalue weighted by Crippen LogP contribution is 2.27. The minimum atomic E-state index is 0.281. The summed E-state index contributed by atoms with van der Waals surface area (Å²) >= 11 is 0. The monoisotopic (exact) mass is 262 g/mol. The van der Waals surface area contributed by atoms with Crippen LogP contribution in [0, 0.1) is 0 Å². The van der Waals surface area contributed by atoms with Crippen molar-refractivity contribution in [3.8, 4) is 0 Å². The Morgan fingerprint density at radius 3 is 2.74 bits per heavy atom. The Kier molecular flexibility index (Phi) is 5.96. The number of rotatable bonds is 7. The lowest BCUT2D eigenvalue weighted by atomic mass is 10.1. The van der Waals surface area contributed by atoms with Gasteiger partial charge in [0.2, 0.25) is 0 Å². The molecule has 0 bridgehead atoms. The highest BCUT2D eigenvalue weighted by Gasteiger charge is 2.16. The molecular formula is C17H30N2. The summed E-state index contributed by atoms with van der Waals surface area (Å²) in [6, 6.07) is 0.281. The SMILES string of the molecule is CCCCCCCCn1cc2c(c1)C(N)CCCC2. The minimum absolute atomic E-state index is 0.281. The van der Waals surface area contributed by atoms with E-state index in [4.69, 9.17) is 5.73 Å². The largest absolute Gasteiger partial charge is 0.354 e. The van der Waals surface area contributed by atoms with Gasteiger partial charge in [-0.15, -0.1) is 0 Å². The second-order valence-corrected chi connectivity index (χ2v) is 6.10. The molecule has 1 atom stereocenters. The maximum absolute atomic E-state index is 6.26. The van der Waals surface area contributed by atoms with Gasteiger partial charge in [-0.25, -0.2) is 0 Å². The Morgan fingerprint density at radius 1 is 1.11 bits per heavy atom. The number of nitrogens with two attached hydrogens (primary N) is 1. The fourth-order valence-electron chi connectivity index (χ4n) is 3.16. The van der Waals surface area contributed by atoms with E-state index in [0.29, 0.717) is 0 Å². The van der Waals surface area contributed by atoms with E-state index >= 15 is 0 Å². The summed E-state index contributed by atoms with van der Waals surface area (Å²) in [5.74, 6) is 0. The molecule has 0 saturated heterocycles. The molecule has 1 aliphatic carbocycles. The van der Waals surface area contributed by atoms with E-state index in [1.807, 2.05) is 0 Å². The van der Waals surface area contributed by atoms with Crippen LogP contribution in [0.3, 0.4) is 0 Å². The van der Waals surface area contributed by atoms with Crippen LogP contribution in [-0.2, 0) is 13.0 Å². The second-order valence-electron chi connectivity index (χ2n) is 6.10. The number of nitrogens with zero attached hydrogens (tertiary/aromatic N) is 1. The number of fused-ring (bicyclic) bond motifs is 1. The molecular weight excluding hydrogens is 232 g/mol. The molecule has 1 aliphatic rings. The average Bonchev–Trinajstić information content (AvgIpc) is 2.74. The summed E-state index contributed by atoms with van der Waals surface area (Å²) in [5, 5.41) is 0. The molecule has 0 radical (unpaired) electrons. The lowest BCUT2D eigenvalue weighted by Crippen LogP contribution is -2.09. The standard InChI is InChI=1S/C17H30N2/c1-2-3-4-5-6-9-12-19-13-15-10-7-8-11-17(18)16(15)14-19/h13-14,17H,2-12,18H2,1H3. The van der Waals surface area contributed by atoms with Crippen molar-refractivity contribution in [3.05, 3.63) is 23.5 Å². The van der Waals surface area contributed by atoms with Crippen molar-refractivity contribution in [2.75, 3.05) is 0 Å². The molecule has 1 heterocycles. The van der Waals surface area contributed by atoms with Crippen molar-refractivity contribution in [2.45, 2.75) is 83.7 Å². The van der Waals surface area contributed by atoms with Crippen LogP contribution in [0.15, 0.2) is 12.4 Å². The van der Waals surface area contributed by atoms with Gasteiger partial charge in [0.1, 0.15) is 0 Å². The Balaban J connectivity index is 1.77. The number of unbranched alkanes of at least 4 members (excludes halogenated alkanes) is 5. The first kappa shape index (κ1) is 14.6. The Bertz CT molecular complexity index is 367. The summed E-state index contributed by atoms with van der Waals surface area (Å²) in [6.45, 7) is 3.45. The summed E-state index contributed by atoms with van der Waals surface area (Å²) < 4.78 is 2.38. The molecule has 108 valence electrons. The van der Waals surface area contributed by atoms with Crippen molar-refractivity contribution in [3.63, 3.8) is 0 Å². The Hall–Kier alpha value is -0.760. The molecule has 1 unspecified atom stereocenters. The number of hydrogen-bond donors (Lipinski definition) is 1. The van der Waals surface area contributed by atoms with Gasteiger partial charge in [-0.3, -0.25) is 0 Å². The van der Waals surface area contributed by atoms with Gasteiger partial charge >= 0.3 is 0 Å². The molecule has 1 aromatic rings. The first-order chi connectivity index (χ1) is 9.31. The van der Waals surface area contributed by atoms with Crippen molar-refractivity contribution in [1.82, 2.24) is 4.57 Å². The van der Waals surface area contributed by atoms with E-state index in [1.54, 1.807) is 0 Å². The lowest BCUT2D eigenvalue weighted by molar-refractivity contribution is 0.554. The predicted octanol–water partition coefficient (Wildman–Crippen LogP) is 4.57. The van der Waals surface area contributed by atoms with E-state index in [2.05, 4.69) is 23.9 Å². The van der Waals surface area contributed by atoms with E-state index < -0.39 is 0 Å². The van der Waals surface area contributed by atoms with Crippen LogP contribution in [0.1, 0.15) is 81.9 Å². The summed E-state index contributed by atoms with van der Waals surface area (Å²) in [5.41, 5.74) is 9.19. The fraction of sp³-hybridized carbons (Fsp3) is 0.765. The van der Waals surface area contributed by atoms with Gasteiger partial charge in [0.05, 0.1) is 0 Å². The third-order valence-corrected chi connectivity index (χ3v) is 4.38. The van der Waals surface area contributed by atoms with E-state index in [0.717, 1.165) is 6.42 Å². The molecule has 0 aliphatic heterocycles. The van der Waals surface area contributed by atoms with Crippen LogP contribution < -0.4 is 5.73 Å². The van der Waals surface area contributed by atoms with Crippen LogP contribution in [0.25, 0.3) is 0 Å². The zero-order chi connectivity index (χ0) is 13.5. The second kappa shape index (κ2) is 7.74. The van der Waals surface area contributed by atoms with Gasteiger partial charge in [-0.05, 0) is 36.8 Å². The molecule has 1 aromatic heterocycles. The van der Waals surface area contributed by atoms with Gasteiger partial charge in [-0.1, -0.05) is 45.4 Å². The highest BCUT2D eigenvalue weighted by atomic mass is 14.9. The molecule has 0 aromatic carbocycles. The van der Waals surface area contributed by atoms with Gasteiger partial charge in [0, 0.05) is 25.0 Å². The Morgan fingerprint density at radius 2 is 1.89 bits per heavy atom. The van der Waals surface area contributed by atoms with E-state index in [-0.39, 0.29) is 6.04 Å². The van der Waals surface area contributed by atoms with Gasteiger partial charge < -0.3 is 10.3 Å². The van der Waals surface area contributed by atoms with Crippen LogP contribution >= 0.6 is 0 Å². The van der Waals surface area contributed by atoms with Crippen molar-refractivity contribution in [2.24, 2.45) is 5.73 Å². The summed E-state index contributed by atoms with van der Waals surface area (Å²) in [7, 11) is 0. The predicted molar refractivity (Wildman–Crippen MR) is 82.3 cm³/mol. The number of hydrogen-bond acceptors (Lipinski definition) is 1. The van der Waals surface area contributed by atoms with Crippen molar-refractivity contribution >= 4 is 0 Å². The van der Waals surface area contributed by atoms with Crippen LogP contribution in [0.2, 0.25) is 0 Å². The van der Waals surface area contributed by atoms with E-state index in [1.165, 1.54) is 75.5 Å². The maximum atomic E-state index is 6.26. The molecule has 2 rings (SSSR count). The minimum Gasteiger partial charge on any atom is -0.354 e. The van der Waals surface area contributed by atoms with Gasteiger partial charge in [0.25, 0.3) is 0 Å². The molecule has 0 saturated carbocycles. The summed E-state index contributed by atoms with van der Waals surface area (Å²) in [6.07, 6.45) is 17.9. The van der Waals surface area contributed by atoms with Gasteiger partial charge in [0.15, 0.2) is 0 Å². The zero-order valence-electron chi connectivity index (χ0n) is 12.5. The molecule has 2 nitrogen and oxygen atoms in total. The fourth-order valence-corrected chi connectivity index (χ4v) is 3.16. The number of aryl methyl sites for hydroxylation is 2. The van der Waals surface area contributed by atoms with Crippen LogP contribution in [0.5, 0.6) is 0 Å². The zero-order valence-corrected chi connectivity index (χ0v) is 12.5. The average molecular weight is 262 g/mol. The van der Waals surface area contributed by atoms with Crippen LogP contribution in [-0.4, -0.2) is 4.57 Å². The quantitative estimate of drug-likeness (QED) is 0.566. The summed E-state index contributed by atoms with van der Waals surface area (Å²) in [4.78, 5) is 0. The van der Waals surface area contributed by atoms with Crippen LogP contribution in [0.4, 0.5) is 0 Å². The first-order valence-electron chi connectivity index (χ1n) is 8.25. The molecule has 0 spiro atoms. The Labute approximate surface area is 118 Å². The molecule has 0 amide bonds. The highest BCUT2D eigenvalue weighted by molar-refractivity contribution is 5.28. The smallest absolute Gasteiger partial charge is 0.0312 e. The maximum Gasteiger partial charge on any atom is 0.0312 e. The topological polar surface area (TPSA) is 30.9 Å². The first-order valence-corrected chi connectivity index (χ1v) is 8.25. The van der Waals surface area contributed by atoms with Crippen molar-refractivity contribution in [1.29, 1.82) is 0 Å². The van der Waals surface area contributed by atoms with Gasteiger partial charge in [-0.2, -0.15) is 0 Å². The third-order valence-electron chi connectivity index (χ3n) is 4.38. The van der Waals surface area contributed by atoms with E-state index in [9.17, 15) is 0 Å². The molecule has 0 fully saturated rings. The van der Waals surface area contributed by atoms with Crippen molar-refractivity contribution < 1.29 is 0 Å². The number of aromatic nitrogens is 1. The molecule has 19 heavy (non-hydrogen) atoms. The third kappa shape index (κ3) is 4.38. The lowest BCUT2D eigenvalue weighted by Gasteiger charge is -2.07. The molecule has 2 N–H and O–H groups in total.